The van der Waals surface area contributed by atoms with Crippen molar-refractivity contribution in [1.29, 1.82) is 0 Å². The van der Waals surface area contributed by atoms with Crippen LogP contribution in [0.15, 0.2) is 42.5 Å². The maximum absolute atomic E-state index is 13.4. The van der Waals surface area contributed by atoms with Crippen LogP contribution in [0, 0.1) is 18.6 Å². The molecule has 22 heavy (non-hydrogen) atoms. The number of hydrogen-bond donors (Lipinski definition) is 2. The second kappa shape index (κ2) is 6.80. The third-order valence-corrected chi connectivity index (χ3v) is 2.95. The molecule has 0 radical (unpaired) electrons. The highest BCUT2D eigenvalue weighted by Crippen LogP contribution is 2.16. The molecule has 6 heteroatoms. The zero-order valence-electron chi connectivity index (χ0n) is 11.8. The van der Waals surface area contributed by atoms with Gasteiger partial charge in [0.05, 0.1) is 5.69 Å². The predicted octanol–water partition coefficient (Wildman–Crippen LogP) is 3.24. The van der Waals surface area contributed by atoms with Crippen molar-refractivity contribution >= 4 is 23.2 Å². The summed E-state index contributed by atoms with van der Waals surface area (Å²) in [4.78, 5) is 23.5. The van der Waals surface area contributed by atoms with Crippen LogP contribution in [0.4, 0.5) is 20.2 Å². The molecule has 0 aromatic heterocycles. The average molecular weight is 304 g/mol. The van der Waals surface area contributed by atoms with Crippen molar-refractivity contribution in [1.82, 2.24) is 0 Å². The van der Waals surface area contributed by atoms with Crippen LogP contribution in [0.25, 0.3) is 0 Å². The van der Waals surface area contributed by atoms with E-state index in [1.807, 2.05) is 19.1 Å². The lowest BCUT2D eigenvalue weighted by Crippen LogP contribution is -2.22. The number of anilines is 2. The molecule has 2 N–H and O–H groups in total. The first-order valence-electron chi connectivity index (χ1n) is 6.56. The molecule has 0 bridgehead atoms. The van der Waals surface area contributed by atoms with E-state index >= 15 is 0 Å². The van der Waals surface area contributed by atoms with Gasteiger partial charge < -0.3 is 10.6 Å². The van der Waals surface area contributed by atoms with Crippen molar-refractivity contribution in [2.24, 2.45) is 0 Å². The van der Waals surface area contributed by atoms with Gasteiger partial charge in [-0.05, 0) is 30.7 Å². The summed E-state index contributed by atoms with van der Waals surface area (Å²) in [6.07, 6.45) is -0.467. The van der Waals surface area contributed by atoms with E-state index in [0.717, 1.165) is 17.7 Å². The molecule has 0 aliphatic carbocycles. The molecule has 0 spiro atoms. The van der Waals surface area contributed by atoms with Gasteiger partial charge in [-0.2, -0.15) is 0 Å². The van der Waals surface area contributed by atoms with E-state index in [4.69, 9.17) is 0 Å². The summed E-state index contributed by atoms with van der Waals surface area (Å²) < 4.78 is 26.2. The highest BCUT2D eigenvalue weighted by molar-refractivity contribution is 6.08. The van der Waals surface area contributed by atoms with Gasteiger partial charge in [-0.1, -0.05) is 18.2 Å². The maximum Gasteiger partial charge on any atom is 0.233 e. The summed E-state index contributed by atoms with van der Waals surface area (Å²) in [7, 11) is 0. The number of amides is 2. The molecular weight excluding hydrogens is 290 g/mol. The van der Waals surface area contributed by atoms with E-state index in [2.05, 4.69) is 10.6 Å². The predicted molar refractivity (Wildman–Crippen MR) is 79.4 cm³/mol. The minimum atomic E-state index is -0.896. The smallest absolute Gasteiger partial charge is 0.233 e. The van der Waals surface area contributed by atoms with Gasteiger partial charge in [0.15, 0.2) is 0 Å². The summed E-state index contributed by atoms with van der Waals surface area (Å²) in [6, 6.07) is 9.90. The Morgan fingerprint density at radius 2 is 1.59 bits per heavy atom. The van der Waals surface area contributed by atoms with Gasteiger partial charge in [0, 0.05) is 11.8 Å². The van der Waals surface area contributed by atoms with Crippen LogP contribution in [0.1, 0.15) is 12.0 Å². The van der Waals surface area contributed by atoms with E-state index in [1.165, 1.54) is 0 Å². The molecule has 0 fully saturated rings. The Hall–Kier alpha value is -2.76. The average Bonchev–Trinajstić information content (AvgIpc) is 2.44. The van der Waals surface area contributed by atoms with Gasteiger partial charge >= 0.3 is 0 Å². The second-order valence-electron chi connectivity index (χ2n) is 4.71. The van der Waals surface area contributed by atoms with Crippen LogP contribution in [-0.2, 0) is 9.59 Å². The van der Waals surface area contributed by atoms with Gasteiger partial charge in [0.2, 0.25) is 11.8 Å². The minimum absolute atomic E-state index is 0.171. The quantitative estimate of drug-likeness (QED) is 0.852. The fraction of sp³-hybridized carbons (Fsp3) is 0.125. The maximum atomic E-state index is 13.4. The van der Waals surface area contributed by atoms with Crippen LogP contribution >= 0.6 is 0 Å². The highest BCUT2D eigenvalue weighted by Gasteiger charge is 2.13. The molecule has 0 aliphatic heterocycles. The number of para-hydroxylation sites is 1. The summed E-state index contributed by atoms with van der Waals surface area (Å²) in [6.45, 7) is 1.82. The minimum Gasteiger partial charge on any atom is -0.325 e. The Morgan fingerprint density at radius 3 is 2.23 bits per heavy atom. The van der Waals surface area contributed by atoms with E-state index in [9.17, 15) is 18.4 Å². The fourth-order valence-corrected chi connectivity index (χ4v) is 1.84. The zero-order chi connectivity index (χ0) is 16.1. The molecule has 0 atom stereocenters. The number of nitrogens with one attached hydrogen (secondary N) is 2. The molecule has 2 amide bonds. The molecule has 0 unspecified atom stereocenters. The van der Waals surface area contributed by atoms with Gasteiger partial charge in [-0.3, -0.25) is 9.59 Å². The Balaban J connectivity index is 1.94. The molecule has 2 rings (SSSR count). The van der Waals surface area contributed by atoms with Gasteiger partial charge in [-0.25, -0.2) is 8.78 Å². The van der Waals surface area contributed by atoms with Gasteiger partial charge in [0.25, 0.3) is 0 Å². The third kappa shape index (κ3) is 4.12. The number of benzene rings is 2. The fourth-order valence-electron chi connectivity index (χ4n) is 1.84. The molecule has 0 heterocycles. The first kappa shape index (κ1) is 15.6. The van der Waals surface area contributed by atoms with E-state index in [1.54, 1.807) is 12.1 Å². The summed E-state index contributed by atoms with van der Waals surface area (Å²) in [5.74, 6) is -2.84. The zero-order valence-corrected chi connectivity index (χ0v) is 11.8. The van der Waals surface area contributed by atoms with Crippen molar-refractivity contribution in [2.75, 3.05) is 10.6 Å². The van der Waals surface area contributed by atoms with E-state index < -0.39 is 29.9 Å². The molecule has 4 nitrogen and oxygen atoms in total. The molecular formula is C16H14F2N2O2. The lowest BCUT2D eigenvalue weighted by atomic mass is 10.2. The lowest BCUT2D eigenvalue weighted by Gasteiger charge is -2.09. The SMILES string of the molecule is Cc1ccccc1NC(=O)CC(=O)Nc1ccc(F)cc1F. The summed E-state index contributed by atoms with van der Waals surface area (Å²) >= 11 is 0. The van der Waals surface area contributed by atoms with Gasteiger partial charge in [0.1, 0.15) is 18.1 Å². The molecule has 2 aromatic rings. The third-order valence-electron chi connectivity index (χ3n) is 2.95. The first-order chi connectivity index (χ1) is 10.5. The van der Waals surface area contributed by atoms with E-state index in [0.29, 0.717) is 11.8 Å². The number of carbonyl (C=O) groups excluding carboxylic acids is 2. The number of carbonyl (C=O) groups is 2. The molecule has 0 saturated heterocycles. The van der Waals surface area contributed by atoms with Crippen molar-refractivity contribution in [3.05, 3.63) is 59.7 Å². The number of aryl methyl sites for hydroxylation is 1. The van der Waals surface area contributed by atoms with Gasteiger partial charge in [-0.15, -0.1) is 0 Å². The molecule has 0 saturated carbocycles. The Morgan fingerprint density at radius 1 is 0.955 bits per heavy atom. The Kier molecular flexibility index (Phi) is 4.83. The largest absolute Gasteiger partial charge is 0.325 e. The van der Waals surface area contributed by atoms with Crippen LogP contribution in [0.2, 0.25) is 0 Å². The number of hydrogen-bond acceptors (Lipinski definition) is 2. The summed E-state index contributed by atoms with van der Waals surface area (Å²) in [5, 5.41) is 4.82. The molecule has 114 valence electrons. The van der Waals surface area contributed by atoms with Crippen LogP contribution in [0.5, 0.6) is 0 Å². The Bertz CT molecular complexity index is 717. The van der Waals surface area contributed by atoms with Crippen molar-refractivity contribution in [2.45, 2.75) is 13.3 Å². The Labute approximate surface area is 126 Å². The van der Waals surface area contributed by atoms with Crippen LogP contribution in [-0.4, -0.2) is 11.8 Å². The van der Waals surface area contributed by atoms with Crippen molar-refractivity contribution < 1.29 is 18.4 Å². The van der Waals surface area contributed by atoms with Crippen molar-refractivity contribution in [3.63, 3.8) is 0 Å². The summed E-state index contributed by atoms with van der Waals surface area (Å²) in [5.41, 5.74) is 1.30. The topological polar surface area (TPSA) is 58.2 Å². The monoisotopic (exact) mass is 304 g/mol. The second-order valence-corrected chi connectivity index (χ2v) is 4.71. The number of rotatable bonds is 4. The highest BCUT2D eigenvalue weighted by atomic mass is 19.1. The molecule has 0 aliphatic rings. The van der Waals surface area contributed by atoms with E-state index in [-0.39, 0.29) is 5.69 Å². The number of halogens is 2. The van der Waals surface area contributed by atoms with Crippen LogP contribution < -0.4 is 10.6 Å². The normalized spacial score (nSPS) is 10.1. The standard InChI is InChI=1S/C16H14F2N2O2/c1-10-4-2-3-5-13(10)19-15(21)9-16(22)20-14-7-6-11(17)8-12(14)18/h2-8H,9H2,1H3,(H,19,21)(H,20,22). The lowest BCUT2D eigenvalue weighted by molar-refractivity contribution is -0.123. The van der Waals surface area contributed by atoms with Crippen molar-refractivity contribution in [3.8, 4) is 0 Å². The molecule has 2 aromatic carbocycles. The van der Waals surface area contributed by atoms with Crippen LogP contribution in [0.3, 0.4) is 0 Å². The first-order valence-corrected chi connectivity index (χ1v) is 6.56.